The molecule has 1 aromatic rings. The molecule has 0 aromatic heterocycles. The maximum atomic E-state index is 13.4. The van der Waals surface area contributed by atoms with Crippen LogP contribution in [0.15, 0.2) is 41.0 Å². The molecule has 0 aliphatic rings. The van der Waals surface area contributed by atoms with E-state index in [9.17, 15) is 4.39 Å². The highest BCUT2D eigenvalue weighted by atomic mass is 35.5. The van der Waals surface area contributed by atoms with Gasteiger partial charge in [-0.1, -0.05) is 41.4 Å². The maximum absolute atomic E-state index is 13.4. The quantitative estimate of drug-likeness (QED) is 0.660. The molecule has 0 unspecified atom stereocenters. The van der Waals surface area contributed by atoms with Crippen molar-refractivity contribution >= 4 is 45.7 Å². The molecular weight excluding hydrogens is 285 g/mol. The minimum Gasteiger partial charge on any atom is -0.389 e. The van der Waals surface area contributed by atoms with E-state index in [2.05, 4.69) is 11.6 Å². The third-order valence-corrected chi connectivity index (χ3v) is 2.28. The zero-order valence-corrected chi connectivity index (χ0v) is 10.8. The monoisotopic (exact) mass is 292 g/mol. The molecule has 0 spiro atoms. The van der Waals surface area contributed by atoms with Gasteiger partial charge in [0.15, 0.2) is 0 Å². The molecule has 6 heteroatoms. The summed E-state index contributed by atoms with van der Waals surface area (Å²) < 4.78 is 13.4. The number of benzene rings is 1. The highest BCUT2D eigenvalue weighted by Gasteiger charge is 2.06. The second-order valence-corrected chi connectivity index (χ2v) is 4.29. The van der Waals surface area contributed by atoms with Crippen molar-refractivity contribution in [1.29, 1.82) is 0 Å². The minimum atomic E-state index is -0.490. The Morgan fingerprint density at radius 2 is 2.06 bits per heavy atom. The average Bonchev–Trinajstić information content (AvgIpc) is 2.20. The lowest BCUT2D eigenvalue weighted by Crippen LogP contribution is -1.93. The number of hydrogen-bond donors (Lipinski definition) is 1. The van der Waals surface area contributed by atoms with E-state index in [1.54, 1.807) is 0 Å². The molecule has 0 saturated heterocycles. The maximum Gasteiger partial charge on any atom is 0.132 e. The van der Waals surface area contributed by atoms with Crippen molar-refractivity contribution in [3.8, 4) is 0 Å². The summed E-state index contributed by atoms with van der Waals surface area (Å²) in [6.45, 7) is 3.59. The SMILES string of the molecule is C=C(/N=C(Cl)\C=C(/N)Cl)c1cc(Cl)ccc1F. The van der Waals surface area contributed by atoms with Crippen molar-refractivity contribution in [2.24, 2.45) is 10.7 Å². The normalized spacial score (nSPS) is 12.7. The number of hydrogen-bond acceptors (Lipinski definition) is 2. The molecule has 0 atom stereocenters. The standard InChI is InChI=1S/C11H8Cl3FN2/c1-6(17-11(14)5-10(13)16)8-4-7(12)2-3-9(8)15/h2-5H,1,16H2/b10-5-,17-11+. The molecule has 1 rings (SSSR count). The minimum absolute atomic E-state index is 0.00174. The summed E-state index contributed by atoms with van der Waals surface area (Å²) in [5.74, 6) is -0.490. The Morgan fingerprint density at radius 1 is 1.41 bits per heavy atom. The van der Waals surface area contributed by atoms with Crippen LogP contribution in [-0.4, -0.2) is 5.17 Å². The van der Waals surface area contributed by atoms with E-state index in [1.165, 1.54) is 24.3 Å². The Kier molecular flexibility index (Phi) is 5.00. The summed E-state index contributed by atoms with van der Waals surface area (Å²) in [5, 5.41) is 0.348. The summed E-state index contributed by atoms with van der Waals surface area (Å²) in [4.78, 5) is 3.84. The molecule has 90 valence electrons. The first-order valence-electron chi connectivity index (χ1n) is 4.41. The van der Waals surface area contributed by atoms with Gasteiger partial charge in [0.05, 0.1) is 5.70 Å². The highest BCUT2D eigenvalue weighted by Crippen LogP contribution is 2.22. The molecule has 2 nitrogen and oxygen atoms in total. The van der Waals surface area contributed by atoms with Gasteiger partial charge in [0.25, 0.3) is 0 Å². The van der Waals surface area contributed by atoms with Gasteiger partial charge >= 0.3 is 0 Å². The molecule has 0 fully saturated rings. The fraction of sp³-hybridized carbons (Fsp3) is 0. The van der Waals surface area contributed by atoms with Gasteiger partial charge in [0.2, 0.25) is 0 Å². The molecule has 0 aliphatic heterocycles. The predicted octanol–water partition coefficient (Wildman–Crippen LogP) is 4.13. The van der Waals surface area contributed by atoms with E-state index in [0.29, 0.717) is 5.02 Å². The molecule has 0 heterocycles. The van der Waals surface area contributed by atoms with Crippen LogP contribution in [0.25, 0.3) is 5.70 Å². The van der Waals surface area contributed by atoms with Crippen LogP contribution in [0, 0.1) is 5.82 Å². The molecular formula is C11H8Cl3FN2. The van der Waals surface area contributed by atoms with Crippen LogP contribution < -0.4 is 5.73 Å². The molecule has 0 aliphatic carbocycles. The number of allylic oxidation sites excluding steroid dienone is 1. The molecule has 0 bridgehead atoms. The zero-order valence-electron chi connectivity index (χ0n) is 8.55. The Hall–Kier alpha value is -1.03. The van der Waals surface area contributed by atoms with Crippen molar-refractivity contribution in [3.63, 3.8) is 0 Å². The molecule has 2 N–H and O–H groups in total. The molecule has 0 amide bonds. The second kappa shape index (κ2) is 6.05. The van der Waals surface area contributed by atoms with Crippen molar-refractivity contribution in [1.82, 2.24) is 0 Å². The summed E-state index contributed by atoms with van der Waals surface area (Å²) in [6.07, 6.45) is 1.22. The topological polar surface area (TPSA) is 38.4 Å². The van der Waals surface area contributed by atoms with E-state index in [0.717, 1.165) is 0 Å². The lowest BCUT2D eigenvalue weighted by molar-refractivity contribution is 0.624. The van der Waals surface area contributed by atoms with Crippen molar-refractivity contribution in [2.45, 2.75) is 0 Å². The van der Waals surface area contributed by atoms with Gasteiger partial charge in [0.1, 0.15) is 16.1 Å². The number of nitrogens with zero attached hydrogens (tertiary/aromatic N) is 1. The lowest BCUT2D eigenvalue weighted by Gasteiger charge is -2.03. The Balaban J connectivity index is 3.05. The van der Waals surface area contributed by atoms with Crippen molar-refractivity contribution in [2.75, 3.05) is 0 Å². The van der Waals surface area contributed by atoms with Gasteiger partial charge < -0.3 is 5.73 Å². The molecule has 0 radical (unpaired) electrons. The number of rotatable bonds is 3. The molecule has 17 heavy (non-hydrogen) atoms. The summed E-state index contributed by atoms with van der Waals surface area (Å²) >= 11 is 16.9. The fourth-order valence-electron chi connectivity index (χ4n) is 1.05. The smallest absolute Gasteiger partial charge is 0.132 e. The van der Waals surface area contributed by atoms with Gasteiger partial charge in [-0.25, -0.2) is 9.38 Å². The zero-order chi connectivity index (χ0) is 13.0. The van der Waals surface area contributed by atoms with Crippen LogP contribution in [0.5, 0.6) is 0 Å². The van der Waals surface area contributed by atoms with Gasteiger partial charge in [0, 0.05) is 16.7 Å². The van der Waals surface area contributed by atoms with Gasteiger partial charge in [-0.3, -0.25) is 0 Å². The van der Waals surface area contributed by atoms with Crippen LogP contribution in [0.3, 0.4) is 0 Å². The largest absolute Gasteiger partial charge is 0.389 e. The van der Waals surface area contributed by atoms with E-state index < -0.39 is 5.82 Å². The van der Waals surface area contributed by atoms with Crippen LogP contribution in [-0.2, 0) is 0 Å². The van der Waals surface area contributed by atoms with Crippen molar-refractivity contribution < 1.29 is 4.39 Å². The fourth-order valence-corrected chi connectivity index (χ4v) is 1.60. The lowest BCUT2D eigenvalue weighted by atomic mass is 10.1. The summed E-state index contributed by atoms with van der Waals surface area (Å²) in [6, 6.07) is 4.05. The average molecular weight is 294 g/mol. The van der Waals surface area contributed by atoms with E-state index >= 15 is 0 Å². The number of nitrogens with two attached hydrogens (primary N) is 1. The van der Waals surface area contributed by atoms with Gasteiger partial charge in [-0.05, 0) is 18.2 Å². The van der Waals surface area contributed by atoms with Gasteiger partial charge in [-0.15, -0.1) is 0 Å². The third kappa shape index (κ3) is 4.38. The summed E-state index contributed by atoms with van der Waals surface area (Å²) in [5.41, 5.74) is 5.49. The van der Waals surface area contributed by atoms with E-state index in [1.807, 2.05) is 0 Å². The Labute approximate surface area is 113 Å². The number of halogens is 4. The number of aliphatic imine (C=N–C) groups is 1. The van der Waals surface area contributed by atoms with Crippen LogP contribution >= 0.6 is 34.8 Å². The van der Waals surface area contributed by atoms with Gasteiger partial charge in [-0.2, -0.15) is 0 Å². The van der Waals surface area contributed by atoms with Crippen LogP contribution in [0.2, 0.25) is 5.02 Å². The van der Waals surface area contributed by atoms with Crippen LogP contribution in [0.1, 0.15) is 5.56 Å². The Bertz CT molecular complexity index is 505. The summed E-state index contributed by atoms with van der Waals surface area (Å²) in [7, 11) is 0. The highest BCUT2D eigenvalue weighted by molar-refractivity contribution is 6.69. The first-order chi connectivity index (χ1) is 7.90. The van der Waals surface area contributed by atoms with E-state index in [-0.39, 0.29) is 21.6 Å². The van der Waals surface area contributed by atoms with Crippen molar-refractivity contribution in [3.05, 3.63) is 52.4 Å². The third-order valence-electron chi connectivity index (χ3n) is 1.74. The first-order valence-corrected chi connectivity index (χ1v) is 5.54. The van der Waals surface area contributed by atoms with E-state index in [4.69, 9.17) is 40.5 Å². The predicted molar refractivity (Wildman–Crippen MR) is 71.9 cm³/mol. The van der Waals surface area contributed by atoms with Crippen LogP contribution in [0.4, 0.5) is 4.39 Å². The second-order valence-electron chi connectivity index (χ2n) is 3.03. The molecule has 0 saturated carbocycles. The first kappa shape index (κ1) is 14.0. The molecule has 1 aromatic carbocycles. The Morgan fingerprint density at radius 3 is 2.65 bits per heavy atom.